The molecule has 96 valence electrons. The molecule has 0 unspecified atom stereocenters. The molecular formula is C15H14N2OS. The molecule has 1 amide bonds. The number of nitrogens with zero attached hydrogens (tertiary/aromatic N) is 1. The summed E-state index contributed by atoms with van der Waals surface area (Å²) in [6.07, 6.45) is 0. The molecule has 0 saturated carbocycles. The van der Waals surface area contributed by atoms with Gasteiger partial charge in [0.05, 0.1) is 11.4 Å². The van der Waals surface area contributed by atoms with Crippen LogP contribution < -0.4 is 4.90 Å². The molecule has 0 radical (unpaired) electrons. The standard InChI is InChI=1S/C15H14N2OS/c16-15(12-7-3-1-4-8-12)17(14(18)11-19)13-9-5-2-6-10-13/h1-10,16,19H,11H2. The number of para-hydroxylation sites is 1. The lowest BCUT2D eigenvalue weighted by atomic mass is 10.1. The minimum absolute atomic E-state index is 0.0596. The van der Waals surface area contributed by atoms with Gasteiger partial charge in [-0.3, -0.25) is 15.1 Å². The van der Waals surface area contributed by atoms with Crippen molar-refractivity contribution in [1.29, 1.82) is 5.41 Å². The largest absolute Gasteiger partial charge is 0.283 e. The first kappa shape index (κ1) is 13.4. The van der Waals surface area contributed by atoms with Gasteiger partial charge in [-0.1, -0.05) is 48.5 Å². The number of amides is 1. The van der Waals surface area contributed by atoms with Crippen LogP contribution in [0.2, 0.25) is 0 Å². The van der Waals surface area contributed by atoms with Gasteiger partial charge in [0, 0.05) is 5.56 Å². The zero-order chi connectivity index (χ0) is 13.7. The maximum absolute atomic E-state index is 12.0. The first-order valence-electron chi connectivity index (χ1n) is 5.87. The first-order chi connectivity index (χ1) is 9.24. The fourth-order valence-electron chi connectivity index (χ4n) is 1.77. The van der Waals surface area contributed by atoms with Crippen LogP contribution in [-0.4, -0.2) is 17.5 Å². The Morgan fingerprint density at radius 1 is 1.00 bits per heavy atom. The Hall–Kier alpha value is -2.07. The Morgan fingerprint density at radius 3 is 2.05 bits per heavy atom. The third-order valence-electron chi connectivity index (χ3n) is 2.67. The third-order valence-corrected chi connectivity index (χ3v) is 2.94. The predicted octanol–water partition coefficient (Wildman–Crippen LogP) is 2.97. The summed E-state index contributed by atoms with van der Waals surface area (Å²) in [4.78, 5) is 13.4. The maximum Gasteiger partial charge on any atom is 0.242 e. The normalized spacial score (nSPS) is 9.95. The van der Waals surface area contributed by atoms with E-state index in [-0.39, 0.29) is 17.5 Å². The summed E-state index contributed by atoms with van der Waals surface area (Å²) in [7, 11) is 0. The molecule has 4 heteroatoms. The lowest BCUT2D eigenvalue weighted by Gasteiger charge is -2.22. The van der Waals surface area contributed by atoms with E-state index in [2.05, 4.69) is 12.6 Å². The average Bonchev–Trinajstić information content (AvgIpc) is 2.49. The molecule has 0 spiro atoms. The van der Waals surface area contributed by atoms with Crippen molar-refractivity contribution in [3.8, 4) is 0 Å². The lowest BCUT2D eigenvalue weighted by molar-refractivity contribution is -0.115. The topological polar surface area (TPSA) is 44.2 Å². The van der Waals surface area contributed by atoms with Crippen LogP contribution in [0.25, 0.3) is 0 Å². The Labute approximate surface area is 117 Å². The fourth-order valence-corrected chi connectivity index (χ4v) is 1.91. The minimum atomic E-state index is -0.219. The molecule has 0 fully saturated rings. The van der Waals surface area contributed by atoms with Gasteiger partial charge in [-0.25, -0.2) is 0 Å². The summed E-state index contributed by atoms with van der Waals surface area (Å²) >= 11 is 4.02. The molecule has 0 heterocycles. The molecule has 2 rings (SSSR count). The molecule has 3 nitrogen and oxygen atoms in total. The zero-order valence-corrected chi connectivity index (χ0v) is 11.2. The van der Waals surface area contributed by atoms with Crippen molar-refractivity contribution in [1.82, 2.24) is 0 Å². The molecule has 0 aromatic heterocycles. The van der Waals surface area contributed by atoms with Gasteiger partial charge >= 0.3 is 0 Å². The summed E-state index contributed by atoms with van der Waals surface area (Å²) in [5.74, 6) is -0.00126. The molecule has 0 atom stereocenters. The molecule has 0 aliphatic rings. The number of hydrogen-bond acceptors (Lipinski definition) is 3. The van der Waals surface area contributed by atoms with E-state index in [9.17, 15) is 4.79 Å². The molecule has 2 aromatic rings. The lowest BCUT2D eigenvalue weighted by Crippen LogP contribution is -2.37. The molecule has 0 saturated heterocycles. The molecular weight excluding hydrogens is 256 g/mol. The van der Waals surface area contributed by atoms with E-state index in [0.717, 1.165) is 0 Å². The maximum atomic E-state index is 12.0. The number of amidine groups is 1. The second-order valence-corrected chi connectivity index (χ2v) is 4.25. The molecule has 2 aromatic carbocycles. The minimum Gasteiger partial charge on any atom is -0.283 e. The molecule has 19 heavy (non-hydrogen) atoms. The summed E-state index contributed by atoms with van der Waals surface area (Å²) in [6.45, 7) is 0. The van der Waals surface area contributed by atoms with Crippen LogP contribution in [0.15, 0.2) is 60.7 Å². The van der Waals surface area contributed by atoms with Gasteiger partial charge in [0.25, 0.3) is 0 Å². The SMILES string of the molecule is N=C(c1ccccc1)N(C(=O)CS)c1ccccc1. The van der Waals surface area contributed by atoms with E-state index in [1.165, 1.54) is 4.90 Å². The highest BCUT2D eigenvalue weighted by molar-refractivity contribution is 7.81. The van der Waals surface area contributed by atoms with E-state index < -0.39 is 0 Å². The fraction of sp³-hybridized carbons (Fsp3) is 0.0667. The highest BCUT2D eigenvalue weighted by Crippen LogP contribution is 2.17. The van der Waals surface area contributed by atoms with Gasteiger partial charge in [0.2, 0.25) is 5.91 Å². The third kappa shape index (κ3) is 3.03. The van der Waals surface area contributed by atoms with Crippen molar-refractivity contribution in [3.05, 3.63) is 66.2 Å². The molecule has 0 aliphatic carbocycles. The number of hydrogen-bond donors (Lipinski definition) is 2. The van der Waals surface area contributed by atoms with E-state index in [4.69, 9.17) is 5.41 Å². The van der Waals surface area contributed by atoms with Gasteiger partial charge in [-0.05, 0) is 12.1 Å². The number of thiol groups is 1. The Bertz CT molecular complexity index is 569. The van der Waals surface area contributed by atoms with Crippen LogP contribution in [0.1, 0.15) is 5.56 Å². The van der Waals surface area contributed by atoms with Crippen molar-refractivity contribution in [2.75, 3.05) is 10.7 Å². The highest BCUT2D eigenvalue weighted by Gasteiger charge is 2.20. The van der Waals surface area contributed by atoms with Gasteiger partial charge in [-0.2, -0.15) is 12.6 Å². The number of carbonyl (C=O) groups is 1. The van der Waals surface area contributed by atoms with Crippen molar-refractivity contribution in [2.24, 2.45) is 0 Å². The second-order valence-electron chi connectivity index (χ2n) is 3.94. The summed E-state index contributed by atoms with van der Waals surface area (Å²) in [5, 5.41) is 8.23. The summed E-state index contributed by atoms with van der Waals surface area (Å²) < 4.78 is 0. The van der Waals surface area contributed by atoms with Gasteiger partial charge in [0.1, 0.15) is 5.84 Å². The first-order valence-corrected chi connectivity index (χ1v) is 6.50. The van der Waals surface area contributed by atoms with Gasteiger partial charge in [0.15, 0.2) is 0 Å². The monoisotopic (exact) mass is 270 g/mol. The number of nitrogens with one attached hydrogen (secondary N) is 1. The molecule has 0 aliphatic heterocycles. The predicted molar refractivity (Wildman–Crippen MR) is 81.1 cm³/mol. The van der Waals surface area contributed by atoms with E-state index >= 15 is 0 Å². The smallest absolute Gasteiger partial charge is 0.242 e. The Balaban J connectivity index is 2.40. The van der Waals surface area contributed by atoms with E-state index in [1.807, 2.05) is 48.5 Å². The van der Waals surface area contributed by atoms with Crippen LogP contribution >= 0.6 is 12.6 Å². The van der Waals surface area contributed by atoms with Crippen molar-refractivity contribution in [3.63, 3.8) is 0 Å². The summed E-state index contributed by atoms with van der Waals surface area (Å²) in [5.41, 5.74) is 1.37. The number of benzene rings is 2. The van der Waals surface area contributed by atoms with Crippen LogP contribution in [0.4, 0.5) is 5.69 Å². The van der Waals surface area contributed by atoms with Crippen LogP contribution in [0.5, 0.6) is 0 Å². The summed E-state index contributed by atoms with van der Waals surface area (Å²) in [6, 6.07) is 18.4. The van der Waals surface area contributed by atoms with Gasteiger partial charge < -0.3 is 0 Å². The van der Waals surface area contributed by atoms with Crippen LogP contribution in [-0.2, 0) is 4.79 Å². The van der Waals surface area contributed by atoms with E-state index in [1.54, 1.807) is 12.1 Å². The van der Waals surface area contributed by atoms with E-state index in [0.29, 0.717) is 11.3 Å². The number of rotatable bonds is 3. The Morgan fingerprint density at radius 2 is 1.53 bits per heavy atom. The Kier molecular flexibility index (Phi) is 4.36. The van der Waals surface area contributed by atoms with Crippen LogP contribution in [0, 0.1) is 5.41 Å². The number of anilines is 1. The van der Waals surface area contributed by atoms with Crippen molar-refractivity contribution < 1.29 is 4.79 Å². The average molecular weight is 270 g/mol. The zero-order valence-electron chi connectivity index (χ0n) is 10.3. The van der Waals surface area contributed by atoms with Crippen LogP contribution in [0.3, 0.4) is 0 Å². The van der Waals surface area contributed by atoms with Gasteiger partial charge in [-0.15, -0.1) is 0 Å². The molecule has 1 N–H and O–H groups in total. The van der Waals surface area contributed by atoms with Crippen molar-refractivity contribution >= 4 is 30.1 Å². The van der Waals surface area contributed by atoms with Crippen molar-refractivity contribution in [2.45, 2.75) is 0 Å². The quantitative estimate of drug-likeness (QED) is 0.502. The highest BCUT2D eigenvalue weighted by atomic mass is 32.1. The number of carbonyl (C=O) groups excluding carboxylic acids is 1. The second kappa shape index (κ2) is 6.20. The molecule has 0 bridgehead atoms.